The zero-order valence-corrected chi connectivity index (χ0v) is 12.2. The van der Waals surface area contributed by atoms with Gasteiger partial charge in [-0.2, -0.15) is 0 Å². The molecular formula is C14H24N4O. The molecule has 1 aliphatic rings. The van der Waals surface area contributed by atoms with Gasteiger partial charge in [-0.1, -0.05) is 0 Å². The monoisotopic (exact) mass is 264 g/mol. The van der Waals surface area contributed by atoms with Gasteiger partial charge in [0.2, 0.25) is 5.95 Å². The average molecular weight is 264 g/mol. The van der Waals surface area contributed by atoms with Crippen LogP contribution in [-0.4, -0.2) is 55.3 Å². The van der Waals surface area contributed by atoms with Gasteiger partial charge < -0.3 is 14.5 Å². The molecule has 2 heterocycles. The molecule has 0 amide bonds. The quantitative estimate of drug-likeness (QED) is 0.779. The Balaban J connectivity index is 1.80. The molecule has 2 rings (SSSR count). The number of ether oxygens (including phenoxy) is 1. The summed E-state index contributed by atoms with van der Waals surface area (Å²) in [5.74, 6) is 0.769. The molecule has 0 saturated carbocycles. The zero-order chi connectivity index (χ0) is 13.7. The van der Waals surface area contributed by atoms with Crippen LogP contribution in [0.25, 0.3) is 0 Å². The van der Waals surface area contributed by atoms with Gasteiger partial charge in [0.15, 0.2) is 0 Å². The molecule has 106 valence electrons. The number of anilines is 1. The summed E-state index contributed by atoms with van der Waals surface area (Å²) in [6, 6.07) is 1.98. The number of rotatable bonds is 6. The third-order valence-electron chi connectivity index (χ3n) is 3.39. The Morgan fingerprint density at radius 1 is 1.37 bits per heavy atom. The summed E-state index contributed by atoms with van der Waals surface area (Å²) in [7, 11) is 6.05. The topological polar surface area (TPSA) is 41.5 Å². The second-order valence-electron chi connectivity index (χ2n) is 5.40. The number of aromatic nitrogens is 2. The molecule has 5 nitrogen and oxygen atoms in total. The highest BCUT2D eigenvalue weighted by atomic mass is 16.5. The first-order chi connectivity index (χ1) is 9.15. The number of hydrogen-bond donors (Lipinski definition) is 0. The van der Waals surface area contributed by atoms with Gasteiger partial charge in [0.25, 0.3) is 0 Å². The van der Waals surface area contributed by atoms with Gasteiger partial charge in [-0.05, 0) is 32.4 Å². The van der Waals surface area contributed by atoms with E-state index in [1.54, 1.807) is 0 Å². The summed E-state index contributed by atoms with van der Waals surface area (Å²) in [6.07, 6.45) is 5.83. The maximum Gasteiger partial charge on any atom is 0.225 e. The summed E-state index contributed by atoms with van der Waals surface area (Å²) in [6.45, 7) is 2.84. The maximum absolute atomic E-state index is 5.65. The van der Waals surface area contributed by atoms with Crippen molar-refractivity contribution in [3.05, 3.63) is 18.0 Å². The molecule has 19 heavy (non-hydrogen) atoms. The lowest BCUT2D eigenvalue weighted by atomic mass is 10.2. The van der Waals surface area contributed by atoms with E-state index in [0.29, 0.717) is 6.10 Å². The van der Waals surface area contributed by atoms with Crippen molar-refractivity contribution in [1.82, 2.24) is 14.9 Å². The van der Waals surface area contributed by atoms with Crippen molar-refractivity contribution >= 4 is 5.95 Å². The van der Waals surface area contributed by atoms with Crippen molar-refractivity contribution < 1.29 is 4.74 Å². The predicted octanol–water partition coefficient (Wildman–Crippen LogP) is 1.54. The second-order valence-corrected chi connectivity index (χ2v) is 5.40. The average Bonchev–Trinajstić information content (AvgIpc) is 2.90. The molecular weight excluding hydrogens is 240 g/mol. The van der Waals surface area contributed by atoms with Gasteiger partial charge in [0, 0.05) is 40.0 Å². The molecule has 0 spiro atoms. The van der Waals surface area contributed by atoms with Crippen molar-refractivity contribution in [1.29, 1.82) is 0 Å². The Morgan fingerprint density at radius 3 is 2.89 bits per heavy atom. The third kappa shape index (κ3) is 4.44. The van der Waals surface area contributed by atoms with Crippen LogP contribution in [0.15, 0.2) is 12.3 Å². The van der Waals surface area contributed by atoms with Gasteiger partial charge in [-0.25, -0.2) is 9.97 Å². The molecule has 5 heteroatoms. The summed E-state index contributed by atoms with van der Waals surface area (Å²) >= 11 is 0. The van der Waals surface area contributed by atoms with E-state index in [1.807, 2.05) is 31.3 Å². The van der Waals surface area contributed by atoms with Crippen LogP contribution in [0.1, 0.15) is 25.0 Å². The minimum Gasteiger partial charge on any atom is -0.378 e. The zero-order valence-electron chi connectivity index (χ0n) is 12.2. The SMILES string of the molecule is CN(CC[C@@H]1CCCO1)Cc1ccnc(N(C)C)n1. The molecule has 0 aliphatic carbocycles. The Labute approximate surface area is 115 Å². The van der Waals surface area contributed by atoms with E-state index in [-0.39, 0.29) is 0 Å². The van der Waals surface area contributed by atoms with Crippen LogP contribution < -0.4 is 4.90 Å². The molecule has 1 aromatic heterocycles. The second kappa shape index (κ2) is 6.82. The Kier molecular flexibility index (Phi) is 5.10. The Hall–Kier alpha value is -1.20. The predicted molar refractivity (Wildman–Crippen MR) is 76.3 cm³/mol. The molecule has 1 atom stereocenters. The van der Waals surface area contributed by atoms with Gasteiger partial charge in [0.1, 0.15) is 0 Å². The molecule has 1 saturated heterocycles. The lowest BCUT2D eigenvalue weighted by Gasteiger charge is -2.19. The Bertz CT molecular complexity index is 391. The van der Waals surface area contributed by atoms with E-state index in [0.717, 1.165) is 37.8 Å². The minimum atomic E-state index is 0.463. The van der Waals surface area contributed by atoms with Crippen molar-refractivity contribution in [2.75, 3.05) is 39.2 Å². The number of hydrogen-bond acceptors (Lipinski definition) is 5. The highest BCUT2D eigenvalue weighted by Gasteiger charge is 2.15. The first-order valence-corrected chi connectivity index (χ1v) is 6.94. The highest BCUT2D eigenvalue weighted by molar-refractivity contribution is 5.26. The fourth-order valence-corrected chi connectivity index (χ4v) is 2.28. The van der Waals surface area contributed by atoms with Crippen LogP contribution in [0, 0.1) is 0 Å². The first kappa shape index (κ1) is 14.2. The molecule has 0 radical (unpaired) electrons. The van der Waals surface area contributed by atoms with E-state index in [2.05, 4.69) is 21.9 Å². The van der Waals surface area contributed by atoms with Crippen LogP contribution in [-0.2, 0) is 11.3 Å². The molecule has 0 bridgehead atoms. The van der Waals surface area contributed by atoms with Crippen molar-refractivity contribution in [3.63, 3.8) is 0 Å². The lowest BCUT2D eigenvalue weighted by Crippen LogP contribution is -2.24. The smallest absolute Gasteiger partial charge is 0.225 e. The Morgan fingerprint density at radius 2 is 2.21 bits per heavy atom. The van der Waals surface area contributed by atoms with Crippen molar-refractivity contribution in [3.8, 4) is 0 Å². The van der Waals surface area contributed by atoms with Crippen molar-refractivity contribution in [2.24, 2.45) is 0 Å². The van der Waals surface area contributed by atoms with E-state index >= 15 is 0 Å². The summed E-state index contributed by atoms with van der Waals surface area (Å²) in [5, 5.41) is 0. The van der Waals surface area contributed by atoms with Gasteiger partial charge in [-0.15, -0.1) is 0 Å². The first-order valence-electron chi connectivity index (χ1n) is 6.94. The van der Waals surface area contributed by atoms with Gasteiger partial charge in [0.05, 0.1) is 11.8 Å². The largest absolute Gasteiger partial charge is 0.378 e. The molecule has 1 fully saturated rings. The summed E-state index contributed by atoms with van der Waals surface area (Å²) in [5.41, 5.74) is 1.06. The van der Waals surface area contributed by atoms with E-state index < -0.39 is 0 Å². The van der Waals surface area contributed by atoms with E-state index in [9.17, 15) is 0 Å². The van der Waals surface area contributed by atoms with Crippen LogP contribution in [0.3, 0.4) is 0 Å². The van der Waals surface area contributed by atoms with Crippen molar-refractivity contribution in [2.45, 2.75) is 31.9 Å². The lowest BCUT2D eigenvalue weighted by molar-refractivity contribution is 0.0942. The minimum absolute atomic E-state index is 0.463. The fourth-order valence-electron chi connectivity index (χ4n) is 2.28. The standard InChI is InChI=1S/C14H24N4O/c1-17(2)14-15-8-6-12(16-14)11-18(3)9-7-13-5-4-10-19-13/h6,8,13H,4-5,7,9-11H2,1-3H3/t13-/m0/s1. The maximum atomic E-state index is 5.65. The van der Waals surface area contributed by atoms with E-state index in [1.165, 1.54) is 12.8 Å². The molecule has 0 unspecified atom stereocenters. The van der Waals surface area contributed by atoms with E-state index in [4.69, 9.17) is 4.74 Å². The summed E-state index contributed by atoms with van der Waals surface area (Å²) < 4.78 is 5.65. The normalized spacial score (nSPS) is 19.1. The molecule has 1 aromatic rings. The molecule has 0 N–H and O–H groups in total. The number of nitrogens with zero attached hydrogens (tertiary/aromatic N) is 4. The molecule has 0 aromatic carbocycles. The van der Waals surface area contributed by atoms with Gasteiger partial charge in [-0.3, -0.25) is 0 Å². The van der Waals surface area contributed by atoms with Gasteiger partial charge >= 0.3 is 0 Å². The highest BCUT2D eigenvalue weighted by Crippen LogP contribution is 2.15. The van der Waals surface area contributed by atoms with Crippen LogP contribution in [0.4, 0.5) is 5.95 Å². The van der Waals surface area contributed by atoms with Crippen LogP contribution in [0.2, 0.25) is 0 Å². The van der Waals surface area contributed by atoms with Crippen LogP contribution >= 0.6 is 0 Å². The van der Waals surface area contributed by atoms with Crippen LogP contribution in [0.5, 0.6) is 0 Å². The summed E-state index contributed by atoms with van der Waals surface area (Å²) in [4.78, 5) is 13.0. The third-order valence-corrected chi connectivity index (χ3v) is 3.39. The molecule has 1 aliphatic heterocycles. The fraction of sp³-hybridized carbons (Fsp3) is 0.714.